The third-order valence-electron chi connectivity index (χ3n) is 2.17. The number of carbonyl (C=O) groups excluding carboxylic acids is 3. The summed E-state index contributed by atoms with van der Waals surface area (Å²) in [6, 6.07) is 5.57. The molecule has 0 saturated carbocycles. The van der Waals surface area contributed by atoms with Gasteiger partial charge in [0.05, 0.1) is 0 Å². The van der Waals surface area contributed by atoms with Crippen LogP contribution in [0.3, 0.4) is 0 Å². The molecular formula is C12H12N2O3. The molecule has 88 valence electrons. The first-order valence-electron chi connectivity index (χ1n) is 4.94. The highest BCUT2D eigenvalue weighted by Gasteiger charge is 2.11. The first-order valence-corrected chi connectivity index (χ1v) is 4.94. The van der Waals surface area contributed by atoms with Crippen molar-refractivity contribution in [2.45, 2.75) is 13.0 Å². The average molecular weight is 232 g/mol. The second kappa shape index (κ2) is 5.69. The van der Waals surface area contributed by atoms with Crippen molar-refractivity contribution in [1.82, 2.24) is 0 Å². The molecule has 1 aromatic rings. The van der Waals surface area contributed by atoms with E-state index in [2.05, 4.69) is 17.0 Å². The fraction of sp³-hybridized carbons (Fsp3) is 0.167. The highest BCUT2D eigenvalue weighted by Crippen LogP contribution is 2.11. The van der Waals surface area contributed by atoms with Crippen molar-refractivity contribution >= 4 is 30.4 Å². The molecule has 1 atom stereocenters. The van der Waals surface area contributed by atoms with E-state index in [9.17, 15) is 14.4 Å². The Balaban J connectivity index is 2.86. The van der Waals surface area contributed by atoms with Gasteiger partial charge >= 0.3 is 0 Å². The molecule has 17 heavy (non-hydrogen) atoms. The van der Waals surface area contributed by atoms with Gasteiger partial charge in [-0.05, 0) is 25.8 Å². The Bertz CT molecular complexity index is 469. The third-order valence-corrected chi connectivity index (χ3v) is 2.17. The van der Waals surface area contributed by atoms with Crippen LogP contribution >= 0.6 is 0 Å². The summed E-state index contributed by atoms with van der Waals surface area (Å²) in [5.41, 5.74) is 0.676. The van der Waals surface area contributed by atoms with Crippen molar-refractivity contribution in [3.05, 3.63) is 29.8 Å². The number of aliphatic imine (C=N–C) groups is 1. The van der Waals surface area contributed by atoms with Crippen molar-refractivity contribution in [2.75, 3.05) is 5.32 Å². The minimum Gasteiger partial charge on any atom is -0.324 e. The smallest absolute Gasteiger partial charge is 0.248 e. The van der Waals surface area contributed by atoms with Crippen molar-refractivity contribution in [1.29, 1.82) is 0 Å². The molecule has 1 rings (SSSR count). The number of nitrogens with one attached hydrogen (secondary N) is 1. The minimum atomic E-state index is -0.629. The van der Waals surface area contributed by atoms with Crippen LogP contribution in [0.5, 0.6) is 0 Å². The SMILES string of the molecule is C=NC(C)C(=O)Nc1cccc(C(=O)C=O)c1. The lowest BCUT2D eigenvalue weighted by atomic mass is 10.1. The molecule has 5 heteroatoms. The summed E-state index contributed by atoms with van der Waals surface area (Å²) in [5, 5.41) is 2.57. The number of Topliss-reactive ketones (excluding diaryl/α,β-unsaturated/α-hetero) is 1. The maximum Gasteiger partial charge on any atom is 0.248 e. The monoisotopic (exact) mass is 232 g/mol. The van der Waals surface area contributed by atoms with Gasteiger partial charge in [-0.15, -0.1) is 0 Å². The van der Waals surface area contributed by atoms with Crippen LogP contribution < -0.4 is 5.32 Å². The molecule has 0 radical (unpaired) electrons. The summed E-state index contributed by atoms with van der Waals surface area (Å²) in [7, 11) is 0. The lowest BCUT2D eigenvalue weighted by Gasteiger charge is -2.08. The Morgan fingerprint density at radius 1 is 1.47 bits per heavy atom. The molecule has 0 saturated heterocycles. The average Bonchev–Trinajstić information content (AvgIpc) is 2.37. The molecule has 0 bridgehead atoms. The molecule has 0 aliphatic heterocycles. The molecule has 0 heterocycles. The van der Waals surface area contributed by atoms with Crippen LogP contribution in [0, 0.1) is 0 Å². The van der Waals surface area contributed by atoms with Crippen molar-refractivity contribution in [2.24, 2.45) is 4.99 Å². The molecule has 5 nitrogen and oxygen atoms in total. The van der Waals surface area contributed by atoms with Gasteiger partial charge in [-0.2, -0.15) is 0 Å². The van der Waals surface area contributed by atoms with E-state index in [4.69, 9.17) is 0 Å². The number of anilines is 1. The summed E-state index contributed by atoms with van der Waals surface area (Å²) in [5.74, 6) is -0.952. The van der Waals surface area contributed by atoms with E-state index in [-0.39, 0.29) is 17.8 Å². The fourth-order valence-electron chi connectivity index (χ4n) is 1.15. The number of rotatable bonds is 5. The second-order valence-electron chi connectivity index (χ2n) is 3.41. The number of carbonyl (C=O) groups is 3. The molecule has 1 unspecified atom stereocenters. The Labute approximate surface area is 98.6 Å². The van der Waals surface area contributed by atoms with Crippen LogP contribution in [-0.4, -0.2) is 30.7 Å². The topological polar surface area (TPSA) is 75.6 Å². The van der Waals surface area contributed by atoms with E-state index in [1.165, 1.54) is 12.1 Å². The van der Waals surface area contributed by atoms with Gasteiger partial charge in [0.2, 0.25) is 11.7 Å². The predicted octanol–water partition coefficient (Wildman–Crippen LogP) is 1.10. The van der Waals surface area contributed by atoms with E-state index in [0.29, 0.717) is 5.69 Å². The van der Waals surface area contributed by atoms with E-state index < -0.39 is 11.8 Å². The van der Waals surface area contributed by atoms with Gasteiger partial charge < -0.3 is 5.32 Å². The quantitative estimate of drug-likeness (QED) is 0.357. The Morgan fingerprint density at radius 2 is 2.18 bits per heavy atom. The number of ketones is 1. The molecule has 1 aromatic carbocycles. The molecule has 0 aliphatic rings. The Kier molecular flexibility index (Phi) is 4.28. The van der Waals surface area contributed by atoms with Crippen LogP contribution in [0.25, 0.3) is 0 Å². The van der Waals surface area contributed by atoms with Gasteiger partial charge in [0.1, 0.15) is 6.04 Å². The van der Waals surface area contributed by atoms with Crippen molar-refractivity contribution in [3.8, 4) is 0 Å². The molecule has 1 N–H and O–H groups in total. The second-order valence-corrected chi connectivity index (χ2v) is 3.41. The summed E-state index contributed by atoms with van der Waals surface area (Å²) < 4.78 is 0. The van der Waals surface area contributed by atoms with Gasteiger partial charge in [-0.25, -0.2) is 0 Å². The van der Waals surface area contributed by atoms with Crippen LogP contribution in [0.15, 0.2) is 29.3 Å². The van der Waals surface area contributed by atoms with Crippen LogP contribution in [-0.2, 0) is 9.59 Å². The van der Waals surface area contributed by atoms with Crippen LogP contribution in [0.2, 0.25) is 0 Å². The minimum absolute atomic E-state index is 0.231. The molecule has 1 amide bonds. The van der Waals surface area contributed by atoms with Gasteiger partial charge in [-0.3, -0.25) is 19.4 Å². The van der Waals surface area contributed by atoms with Gasteiger partial charge in [0, 0.05) is 11.3 Å². The van der Waals surface area contributed by atoms with Crippen molar-refractivity contribution in [3.63, 3.8) is 0 Å². The number of hydrogen-bond acceptors (Lipinski definition) is 4. The molecule has 0 fully saturated rings. The zero-order valence-corrected chi connectivity index (χ0v) is 9.34. The maximum absolute atomic E-state index is 11.5. The van der Waals surface area contributed by atoms with Gasteiger partial charge in [0.25, 0.3) is 0 Å². The summed E-state index contributed by atoms with van der Waals surface area (Å²) in [6.07, 6.45) is 0.231. The highest BCUT2D eigenvalue weighted by molar-refractivity contribution is 6.33. The Morgan fingerprint density at radius 3 is 2.76 bits per heavy atom. The number of amides is 1. The normalized spacial score (nSPS) is 11.4. The lowest BCUT2D eigenvalue weighted by molar-refractivity contribution is -0.117. The first-order chi connectivity index (χ1) is 8.08. The summed E-state index contributed by atoms with van der Waals surface area (Å²) in [6.45, 7) is 4.87. The fourth-order valence-corrected chi connectivity index (χ4v) is 1.15. The van der Waals surface area contributed by atoms with E-state index in [1.807, 2.05) is 0 Å². The van der Waals surface area contributed by atoms with Gasteiger partial charge in [-0.1, -0.05) is 12.1 Å². The summed E-state index contributed by atoms with van der Waals surface area (Å²) >= 11 is 0. The third kappa shape index (κ3) is 3.34. The maximum atomic E-state index is 11.5. The molecular weight excluding hydrogens is 220 g/mol. The predicted molar refractivity (Wildman–Crippen MR) is 64.5 cm³/mol. The Hall–Kier alpha value is -2.30. The molecule has 0 aliphatic carbocycles. The van der Waals surface area contributed by atoms with E-state index in [1.54, 1.807) is 19.1 Å². The number of hydrogen-bond donors (Lipinski definition) is 1. The summed E-state index contributed by atoms with van der Waals surface area (Å²) in [4.78, 5) is 36.5. The molecule has 0 aromatic heterocycles. The largest absolute Gasteiger partial charge is 0.324 e. The first kappa shape index (κ1) is 12.8. The zero-order chi connectivity index (χ0) is 12.8. The van der Waals surface area contributed by atoms with E-state index >= 15 is 0 Å². The van der Waals surface area contributed by atoms with Crippen LogP contribution in [0.4, 0.5) is 5.69 Å². The van der Waals surface area contributed by atoms with Crippen molar-refractivity contribution < 1.29 is 14.4 Å². The standard InChI is InChI=1S/C12H12N2O3/c1-8(13-2)12(17)14-10-5-3-4-9(6-10)11(16)7-15/h3-8H,2H2,1H3,(H,14,17). The van der Waals surface area contributed by atoms with Gasteiger partial charge in [0.15, 0.2) is 6.29 Å². The lowest BCUT2D eigenvalue weighted by Crippen LogP contribution is -2.23. The molecule has 0 spiro atoms. The number of benzene rings is 1. The van der Waals surface area contributed by atoms with Crippen LogP contribution in [0.1, 0.15) is 17.3 Å². The van der Waals surface area contributed by atoms with E-state index in [0.717, 1.165) is 0 Å². The highest BCUT2D eigenvalue weighted by atomic mass is 16.2. The number of nitrogens with zero attached hydrogens (tertiary/aromatic N) is 1. The number of aldehydes is 1. The zero-order valence-electron chi connectivity index (χ0n) is 9.34.